The molecule has 0 saturated carbocycles. The predicted molar refractivity (Wildman–Crippen MR) is 154 cm³/mol. The summed E-state index contributed by atoms with van der Waals surface area (Å²) in [6.07, 6.45) is 1.33. The van der Waals surface area contributed by atoms with Crippen LogP contribution in [0.2, 0.25) is 0 Å². The van der Waals surface area contributed by atoms with E-state index in [1.165, 1.54) is 6.92 Å². The summed E-state index contributed by atoms with van der Waals surface area (Å²) in [5.74, 6) is 0.0518. The SMILES string of the molecule is CC(=O)NCc1cccc(-c2ccc(C3OC(CN4CCCC4CO)C(C)C(c4ccc(CO)cc4)O3)cc2)c1. The van der Waals surface area contributed by atoms with Crippen molar-refractivity contribution in [2.45, 2.75) is 64.4 Å². The van der Waals surface area contributed by atoms with Gasteiger partial charge in [0.25, 0.3) is 0 Å². The van der Waals surface area contributed by atoms with Crippen molar-refractivity contribution in [3.8, 4) is 11.1 Å². The van der Waals surface area contributed by atoms with Crippen molar-refractivity contribution in [1.82, 2.24) is 10.2 Å². The number of aliphatic hydroxyl groups excluding tert-OH is 2. The minimum atomic E-state index is -0.529. The second-order valence-corrected chi connectivity index (χ2v) is 11.0. The minimum Gasteiger partial charge on any atom is -0.395 e. The largest absolute Gasteiger partial charge is 0.395 e. The van der Waals surface area contributed by atoms with Crippen LogP contribution in [0.15, 0.2) is 72.8 Å². The van der Waals surface area contributed by atoms with E-state index < -0.39 is 6.29 Å². The van der Waals surface area contributed by atoms with Gasteiger partial charge in [0.05, 0.1) is 25.4 Å². The highest BCUT2D eigenvalue weighted by atomic mass is 16.7. The highest BCUT2D eigenvalue weighted by molar-refractivity contribution is 5.73. The van der Waals surface area contributed by atoms with Gasteiger partial charge in [0.15, 0.2) is 6.29 Å². The molecule has 2 aliphatic rings. The van der Waals surface area contributed by atoms with Crippen LogP contribution in [0.1, 0.15) is 61.3 Å². The molecule has 1 amide bonds. The number of carbonyl (C=O) groups is 1. The van der Waals surface area contributed by atoms with Crippen LogP contribution in [0.3, 0.4) is 0 Å². The first-order valence-corrected chi connectivity index (χ1v) is 14.2. The monoisotopic (exact) mass is 544 g/mol. The lowest BCUT2D eigenvalue weighted by molar-refractivity contribution is -0.276. The first-order chi connectivity index (χ1) is 19.4. The molecule has 3 N–H and O–H groups in total. The Balaban J connectivity index is 1.37. The van der Waals surface area contributed by atoms with Gasteiger partial charge in [-0.2, -0.15) is 0 Å². The normalized spacial score (nSPS) is 25.1. The fourth-order valence-electron chi connectivity index (χ4n) is 5.82. The molecule has 2 heterocycles. The standard InChI is InChI=1S/C33H40N2O5/c1-22-31(19-35-16-4-7-30(35)21-37)39-33(40-32(22)27-10-8-24(20-36)9-11-27)28-14-12-26(13-15-28)29-6-3-5-25(17-29)18-34-23(2)38/h3,5-6,8-15,17,22,30-33,36-37H,4,7,16,18-21H2,1-2H3,(H,34,38). The van der Waals surface area contributed by atoms with Crippen LogP contribution in [0, 0.1) is 5.92 Å². The van der Waals surface area contributed by atoms with Crippen LogP contribution in [-0.4, -0.2) is 52.9 Å². The fourth-order valence-corrected chi connectivity index (χ4v) is 5.82. The summed E-state index contributed by atoms with van der Waals surface area (Å²) in [6, 6.07) is 24.6. The van der Waals surface area contributed by atoms with E-state index >= 15 is 0 Å². The molecule has 0 aliphatic carbocycles. The van der Waals surface area contributed by atoms with E-state index in [1.807, 2.05) is 36.4 Å². The van der Waals surface area contributed by atoms with Crippen molar-refractivity contribution < 1.29 is 24.5 Å². The van der Waals surface area contributed by atoms with Crippen LogP contribution in [0.4, 0.5) is 0 Å². The van der Waals surface area contributed by atoms with Crippen LogP contribution in [-0.2, 0) is 27.4 Å². The Kier molecular flexibility index (Phi) is 9.29. The summed E-state index contributed by atoms with van der Waals surface area (Å²) in [5, 5.41) is 22.2. The summed E-state index contributed by atoms with van der Waals surface area (Å²) in [7, 11) is 0. The molecule has 3 aromatic rings. The van der Waals surface area contributed by atoms with Crippen molar-refractivity contribution in [3.63, 3.8) is 0 Å². The number of benzene rings is 3. The Morgan fingerprint density at radius 2 is 1.70 bits per heavy atom. The topological polar surface area (TPSA) is 91.3 Å². The molecule has 7 nitrogen and oxygen atoms in total. The average molecular weight is 545 g/mol. The van der Waals surface area contributed by atoms with E-state index in [2.05, 4.69) is 53.5 Å². The minimum absolute atomic E-state index is 0.00965. The number of carbonyl (C=O) groups excluding carboxylic acids is 1. The van der Waals surface area contributed by atoms with Gasteiger partial charge in [-0.25, -0.2) is 0 Å². The summed E-state index contributed by atoms with van der Waals surface area (Å²) in [4.78, 5) is 13.7. The number of amides is 1. The summed E-state index contributed by atoms with van der Waals surface area (Å²) >= 11 is 0. The molecule has 0 spiro atoms. The molecule has 2 aliphatic heterocycles. The molecular weight excluding hydrogens is 504 g/mol. The van der Waals surface area contributed by atoms with Gasteiger partial charge in [-0.1, -0.05) is 73.7 Å². The van der Waals surface area contributed by atoms with Gasteiger partial charge in [0.2, 0.25) is 5.91 Å². The van der Waals surface area contributed by atoms with Crippen molar-refractivity contribution in [2.75, 3.05) is 19.7 Å². The van der Waals surface area contributed by atoms with E-state index in [0.29, 0.717) is 6.54 Å². The Labute approximate surface area is 236 Å². The number of nitrogens with one attached hydrogen (secondary N) is 1. The number of hydrogen-bond donors (Lipinski definition) is 3. The van der Waals surface area contributed by atoms with Gasteiger partial charge in [0, 0.05) is 37.5 Å². The third kappa shape index (κ3) is 6.62. The van der Waals surface area contributed by atoms with E-state index in [0.717, 1.165) is 59.3 Å². The second kappa shape index (κ2) is 13.1. The van der Waals surface area contributed by atoms with Gasteiger partial charge in [-0.05, 0) is 53.3 Å². The number of hydrogen-bond acceptors (Lipinski definition) is 6. The molecule has 3 aromatic carbocycles. The first kappa shape index (κ1) is 28.5. The van der Waals surface area contributed by atoms with E-state index in [4.69, 9.17) is 9.47 Å². The number of ether oxygens (including phenoxy) is 2. The van der Waals surface area contributed by atoms with Crippen molar-refractivity contribution >= 4 is 5.91 Å². The molecule has 5 atom stereocenters. The van der Waals surface area contributed by atoms with Crippen LogP contribution >= 0.6 is 0 Å². The van der Waals surface area contributed by atoms with Gasteiger partial charge in [-0.15, -0.1) is 0 Å². The maximum Gasteiger partial charge on any atom is 0.217 e. The first-order valence-electron chi connectivity index (χ1n) is 14.2. The highest BCUT2D eigenvalue weighted by Gasteiger charge is 2.40. The molecule has 2 fully saturated rings. The molecule has 2 saturated heterocycles. The third-order valence-corrected chi connectivity index (χ3v) is 8.23. The molecule has 5 rings (SSSR count). The Morgan fingerprint density at radius 3 is 2.40 bits per heavy atom. The Morgan fingerprint density at radius 1 is 0.950 bits per heavy atom. The van der Waals surface area contributed by atoms with E-state index in [9.17, 15) is 15.0 Å². The third-order valence-electron chi connectivity index (χ3n) is 8.23. The quantitative estimate of drug-likeness (QED) is 0.361. The zero-order valence-corrected chi connectivity index (χ0v) is 23.3. The summed E-state index contributed by atoms with van der Waals surface area (Å²) < 4.78 is 13.2. The van der Waals surface area contributed by atoms with Gasteiger partial charge in [-0.3, -0.25) is 9.69 Å². The summed E-state index contributed by atoms with van der Waals surface area (Å²) in [6.45, 7) is 6.09. The molecule has 0 aromatic heterocycles. The zero-order chi connectivity index (χ0) is 28.1. The fraction of sp³-hybridized carbons (Fsp3) is 0.424. The molecular formula is C33H40N2O5. The van der Waals surface area contributed by atoms with Gasteiger partial charge < -0.3 is 25.0 Å². The molecule has 212 valence electrons. The lowest BCUT2D eigenvalue weighted by atomic mass is 9.89. The maximum atomic E-state index is 11.3. The number of aliphatic hydroxyl groups is 2. The number of rotatable bonds is 9. The highest BCUT2D eigenvalue weighted by Crippen LogP contribution is 2.42. The molecule has 7 heteroatoms. The lowest BCUT2D eigenvalue weighted by Crippen LogP contribution is -2.46. The molecule has 0 radical (unpaired) electrons. The van der Waals surface area contributed by atoms with Crippen molar-refractivity contribution in [2.24, 2.45) is 5.92 Å². The Hall–Kier alpha value is -3.07. The van der Waals surface area contributed by atoms with Crippen molar-refractivity contribution in [1.29, 1.82) is 0 Å². The van der Waals surface area contributed by atoms with Crippen LogP contribution in [0.25, 0.3) is 11.1 Å². The van der Waals surface area contributed by atoms with E-state index in [-0.39, 0.29) is 43.3 Å². The van der Waals surface area contributed by atoms with Crippen LogP contribution in [0.5, 0.6) is 0 Å². The smallest absolute Gasteiger partial charge is 0.217 e. The number of nitrogens with zero attached hydrogens (tertiary/aromatic N) is 1. The van der Waals surface area contributed by atoms with Crippen LogP contribution < -0.4 is 5.32 Å². The van der Waals surface area contributed by atoms with E-state index in [1.54, 1.807) is 0 Å². The zero-order valence-electron chi connectivity index (χ0n) is 23.3. The molecule has 40 heavy (non-hydrogen) atoms. The second-order valence-electron chi connectivity index (χ2n) is 11.0. The Bertz CT molecular complexity index is 1260. The lowest BCUT2D eigenvalue weighted by Gasteiger charge is -2.43. The average Bonchev–Trinajstić information content (AvgIpc) is 3.44. The molecule has 5 unspecified atom stereocenters. The maximum absolute atomic E-state index is 11.3. The summed E-state index contributed by atoms with van der Waals surface area (Å²) in [5.41, 5.74) is 6.09. The van der Waals surface area contributed by atoms with Gasteiger partial charge >= 0.3 is 0 Å². The predicted octanol–water partition coefficient (Wildman–Crippen LogP) is 4.73. The molecule has 0 bridgehead atoms. The van der Waals surface area contributed by atoms with Gasteiger partial charge in [0.1, 0.15) is 0 Å². The van der Waals surface area contributed by atoms with Crippen molar-refractivity contribution in [3.05, 3.63) is 95.1 Å². The number of likely N-dealkylation sites (tertiary alicyclic amines) is 1.